The smallest absolute Gasteiger partial charge is 0.311 e. The molecular formula is C13H19NO2S. The lowest BCUT2D eigenvalue weighted by molar-refractivity contribution is -0.142. The minimum Gasteiger partial charge on any atom is -0.465 e. The highest BCUT2D eigenvalue weighted by Crippen LogP contribution is 2.25. The van der Waals surface area contributed by atoms with Crippen LogP contribution in [0, 0.1) is 0 Å². The molecule has 2 rings (SSSR count). The summed E-state index contributed by atoms with van der Waals surface area (Å²) in [4.78, 5) is 14.1. The lowest BCUT2D eigenvalue weighted by Gasteiger charge is -2.10. The van der Waals surface area contributed by atoms with Crippen LogP contribution < -0.4 is 5.32 Å². The zero-order valence-electron chi connectivity index (χ0n) is 10.3. The number of carbonyl (C=O) groups excluding carboxylic acids is 1. The molecule has 2 heterocycles. The topological polar surface area (TPSA) is 38.3 Å². The van der Waals surface area contributed by atoms with Crippen LogP contribution in [0.3, 0.4) is 0 Å². The Labute approximate surface area is 106 Å². The third-order valence-electron chi connectivity index (χ3n) is 2.87. The second kappa shape index (κ2) is 6.17. The maximum atomic E-state index is 11.6. The highest BCUT2D eigenvalue weighted by Gasteiger charge is 2.14. The van der Waals surface area contributed by atoms with Crippen molar-refractivity contribution in [3.63, 3.8) is 0 Å². The molecule has 1 N–H and O–H groups in total. The molecule has 0 fully saturated rings. The fraction of sp³-hybridized carbons (Fsp3) is 0.615. The molecule has 1 aliphatic rings. The molecule has 0 saturated carbocycles. The SMILES string of the molecule is CCCCOC(=O)Cc1cc2c(s1)CCNC2. The molecule has 17 heavy (non-hydrogen) atoms. The minimum atomic E-state index is -0.0926. The number of hydrogen-bond donors (Lipinski definition) is 1. The Balaban J connectivity index is 1.86. The lowest BCUT2D eigenvalue weighted by atomic mass is 10.1. The Bertz CT molecular complexity index is 363. The van der Waals surface area contributed by atoms with E-state index >= 15 is 0 Å². The van der Waals surface area contributed by atoms with Gasteiger partial charge in [0.1, 0.15) is 0 Å². The van der Waals surface area contributed by atoms with Crippen LogP contribution in [0.2, 0.25) is 0 Å². The summed E-state index contributed by atoms with van der Waals surface area (Å²) in [6.07, 6.45) is 3.54. The molecule has 0 saturated heterocycles. The van der Waals surface area contributed by atoms with Crippen LogP contribution in [0.15, 0.2) is 6.07 Å². The van der Waals surface area contributed by atoms with Gasteiger partial charge in [-0.05, 0) is 24.5 Å². The van der Waals surface area contributed by atoms with Gasteiger partial charge in [-0.25, -0.2) is 0 Å². The second-order valence-corrected chi connectivity index (χ2v) is 5.56. The highest BCUT2D eigenvalue weighted by atomic mass is 32.1. The quantitative estimate of drug-likeness (QED) is 0.646. The Kier molecular flexibility index (Phi) is 4.57. The molecule has 0 aromatic carbocycles. The molecule has 1 aliphatic heterocycles. The summed E-state index contributed by atoms with van der Waals surface area (Å²) in [5.74, 6) is -0.0926. The van der Waals surface area contributed by atoms with Crippen molar-refractivity contribution in [2.75, 3.05) is 13.2 Å². The van der Waals surface area contributed by atoms with Crippen molar-refractivity contribution in [3.05, 3.63) is 21.4 Å². The van der Waals surface area contributed by atoms with Gasteiger partial charge in [-0.1, -0.05) is 13.3 Å². The number of thiophene rings is 1. The zero-order valence-corrected chi connectivity index (χ0v) is 11.1. The molecule has 1 aromatic heterocycles. The first-order valence-electron chi connectivity index (χ1n) is 6.26. The van der Waals surface area contributed by atoms with Gasteiger partial charge in [-0.15, -0.1) is 11.3 Å². The van der Waals surface area contributed by atoms with Crippen molar-refractivity contribution in [3.8, 4) is 0 Å². The number of ether oxygens (including phenoxy) is 1. The van der Waals surface area contributed by atoms with Gasteiger partial charge in [0.25, 0.3) is 0 Å². The Hall–Kier alpha value is -0.870. The van der Waals surface area contributed by atoms with Crippen molar-refractivity contribution >= 4 is 17.3 Å². The average molecular weight is 253 g/mol. The van der Waals surface area contributed by atoms with Crippen LogP contribution >= 0.6 is 11.3 Å². The molecule has 1 aromatic rings. The molecule has 0 unspecified atom stereocenters. The first kappa shape index (κ1) is 12.6. The fourth-order valence-electron chi connectivity index (χ4n) is 1.93. The van der Waals surface area contributed by atoms with Gasteiger partial charge >= 0.3 is 5.97 Å². The van der Waals surface area contributed by atoms with Crippen molar-refractivity contribution < 1.29 is 9.53 Å². The van der Waals surface area contributed by atoms with Crippen LogP contribution in [0.5, 0.6) is 0 Å². The van der Waals surface area contributed by atoms with Gasteiger partial charge in [0.05, 0.1) is 13.0 Å². The maximum Gasteiger partial charge on any atom is 0.311 e. The van der Waals surface area contributed by atoms with Crippen LogP contribution in [-0.4, -0.2) is 19.1 Å². The number of rotatable bonds is 5. The molecule has 0 atom stereocenters. The number of fused-ring (bicyclic) bond motifs is 1. The summed E-state index contributed by atoms with van der Waals surface area (Å²) < 4.78 is 5.17. The van der Waals surface area contributed by atoms with Crippen LogP contribution in [-0.2, 0) is 28.9 Å². The van der Waals surface area contributed by atoms with E-state index in [0.717, 1.165) is 37.2 Å². The van der Waals surface area contributed by atoms with Crippen LogP contribution in [0.1, 0.15) is 35.1 Å². The van der Waals surface area contributed by atoms with Crippen LogP contribution in [0.25, 0.3) is 0 Å². The molecule has 0 spiro atoms. The summed E-state index contributed by atoms with van der Waals surface area (Å²) in [5.41, 5.74) is 1.36. The average Bonchev–Trinajstić information content (AvgIpc) is 2.71. The maximum absolute atomic E-state index is 11.6. The number of unbranched alkanes of at least 4 members (excludes halogenated alkanes) is 1. The fourth-order valence-corrected chi connectivity index (χ4v) is 3.10. The number of hydrogen-bond acceptors (Lipinski definition) is 4. The van der Waals surface area contributed by atoms with E-state index in [4.69, 9.17) is 4.74 Å². The summed E-state index contributed by atoms with van der Waals surface area (Å²) in [6, 6.07) is 2.15. The molecule has 0 amide bonds. The van der Waals surface area contributed by atoms with Gasteiger partial charge in [0.15, 0.2) is 0 Å². The van der Waals surface area contributed by atoms with Gasteiger partial charge in [-0.2, -0.15) is 0 Å². The summed E-state index contributed by atoms with van der Waals surface area (Å²) >= 11 is 1.76. The van der Waals surface area contributed by atoms with E-state index in [2.05, 4.69) is 18.3 Å². The first-order chi connectivity index (χ1) is 8.29. The van der Waals surface area contributed by atoms with E-state index in [-0.39, 0.29) is 5.97 Å². The van der Waals surface area contributed by atoms with Crippen molar-refractivity contribution in [2.24, 2.45) is 0 Å². The number of esters is 1. The predicted molar refractivity (Wildman–Crippen MR) is 69.3 cm³/mol. The highest BCUT2D eigenvalue weighted by molar-refractivity contribution is 7.12. The van der Waals surface area contributed by atoms with E-state index in [1.54, 1.807) is 11.3 Å². The van der Waals surface area contributed by atoms with Gasteiger partial charge in [0.2, 0.25) is 0 Å². The third-order valence-corrected chi connectivity index (χ3v) is 4.11. The van der Waals surface area contributed by atoms with Gasteiger partial charge in [-0.3, -0.25) is 4.79 Å². The molecule has 3 nitrogen and oxygen atoms in total. The Morgan fingerprint density at radius 1 is 1.59 bits per heavy atom. The molecule has 0 aliphatic carbocycles. The summed E-state index contributed by atoms with van der Waals surface area (Å²) in [7, 11) is 0. The Morgan fingerprint density at radius 3 is 3.24 bits per heavy atom. The van der Waals surface area contributed by atoms with Crippen molar-refractivity contribution in [1.29, 1.82) is 0 Å². The Morgan fingerprint density at radius 2 is 2.47 bits per heavy atom. The largest absolute Gasteiger partial charge is 0.465 e. The van der Waals surface area contributed by atoms with Gasteiger partial charge in [0, 0.05) is 22.8 Å². The monoisotopic (exact) mass is 253 g/mol. The van der Waals surface area contributed by atoms with Gasteiger partial charge < -0.3 is 10.1 Å². The van der Waals surface area contributed by atoms with E-state index in [0.29, 0.717) is 13.0 Å². The van der Waals surface area contributed by atoms with E-state index in [9.17, 15) is 4.79 Å². The van der Waals surface area contributed by atoms with E-state index in [1.165, 1.54) is 10.4 Å². The number of nitrogens with one attached hydrogen (secondary N) is 1. The molecule has 94 valence electrons. The molecule has 4 heteroatoms. The predicted octanol–water partition coefficient (Wildman–Crippen LogP) is 2.28. The van der Waals surface area contributed by atoms with Crippen LogP contribution in [0.4, 0.5) is 0 Å². The number of carbonyl (C=O) groups is 1. The standard InChI is InChI=1S/C13H19NO2S/c1-2-3-6-16-13(15)8-11-7-10-9-14-5-4-12(10)17-11/h7,14H,2-6,8-9H2,1H3. The molecule has 0 radical (unpaired) electrons. The molecule has 0 bridgehead atoms. The second-order valence-electron chi connectivity index (χ2n) is 4.34. The third kappa shape index (κ3) is 3.54. The minimum absolute atomic E-state index is 0.0926. The van der Waals surface area contributed by atoms with E-state index < -0.39 is 0 Å². The lowest BCUT2D eigenvalue weighted by Crippen LogP contribution is -2.21. The normalized spacial score (nSPS) is 14.4. The van der Waals surface area contributed by atoms with E-state index in [1.807, 2.05) is 0 Å². The summed E-state index contributed by atoms with van der Waals surface area (Å²) in [6.45, 7) is 4.64. The van der Waals surface area contributed by atoms with Crippen molar-refractivity contribution in [1.82, 2.24) is 5.32 Å². The summed E-state index contributed by atoms with van der Waals surface area (Å²) in [5, 5.41) is 3.34. The first-order valence-corrected chi connectivity index (χ1v) is 7.08. The zero-order chi connectivity index (χ0) is 12.1. The molecular weight excluding hydrogens is 234 g/mol. The van der Waals surface area contributed by atoms with Crippen molar-refractivity contribution in [2.45, 2.75) is 39.2 Å².